The van der Waals surface area contributed by atoms with Gasteiger partial charge in [-0.2, -0.15) is 0 Å². The van der Waals surface area contributed by atoms with E-state index in [2.05, 4.69) is 0 Å². The topological polar surface area (TPSA) is 66.6 Å². The Bertz CT molecular complexity index is 638. The fraction of sp³-hybridized carbons (Fsp3) is 0.188. The number of nitrogen functional groups attached to an aromatic ring is 1. The molecule has 0 aromatic heterocycles. The molecule has 104 valence electrons. The van der Waals surface area contributed by atoms with Crippen molar-refractivity contribution in [3.8, 4) is 5.75 Å². The highest BCUT2D eigenvalue weighted by Crippen LogP contribution is 2.19. The first-order valence-corrected chi connectivity index (χ1v) is 6.37. The summed E-state index contributed by atoms with van der Waals surface area (Å²) in [6.45, 7) is 2.29. The molecule has 2 rings (SSSR count). The van der Waals surface area contributed by atoms with Crippen molar-refractivity contribution in [3.63, 3.8) is 0 Å². The molecule has 0 spiro atoms. The van der Waals surface area contributed by atoms with E-state index in [-0.39, 0.29) is 11.7 Å². The highest BCUT2D eigenvalue weighted by molar-refractivity contribution is 5.99. The molecule has 0 aliphatic carbocycles. The molecule has 0 saturated carbocycles. The number of nitrogens with zero attached hydrogens (tertiary/aromatic N) is 1. The van der Waals surface area contributed by atoms with E-state index in [1.165, 1.54) is 0 Å². The van der Waals surface area contributed by atoms with Crippen molar-refractivity contribution >= 4 is 11.6 Å². The van der Waals surface area contributed by atoms with E-state index in [0.717, 1.165) is 11.1 Å². The predicted molar refractivity (Wildman–Crippen MR) is 79.5 cm³/mol. The first-order chi connectivity index (χ1) is 9.49. The molecule has 20 heavy (non-hydrogen) atoms. The first kappa shape index (κ1) is 13.9. The number of aryl methyl sites for hydroxylation is 1. The molecule has 0 aliphatic rings. The largest absolute Gasteiger partial charge is 0.508 e. The number of rotatable bonds is 3. The zero-order chi connectivity index (χ0) is 14.7. The highest BCUT2D eigenvalue weighted by atomic mass is 16.3. The number of amides is 1. The van der Waals surface area contributed by atoms with E-state index in [1.54, 1.807) is 36.2 Å². The van der Waals surface area contributed by atoms with Crippen LogP contribution in [0.15, 0.2) is 42.5 Å². The summed E-state index contributed by atoms with van der Waals surface area (Å²) >= 11 is 0. The maximum atomic E-state index is 12.4. The van der Waals surface area contributed by atoms with E-state index < -0.39 is 0 Å². The van der Waals surface area contributed by atoms with Gasteiger partial charge in [0.15, 0.2) is 0 Å². The maximum Gasteiger partial charge on any atom is 0.255 e. The number of anilines is 1. The lowest BCUT2D eigenvalue weighted by Gasteiger charge is -2.19. The molecule has 0 saturated heterocycles. The average molecular weight is 270 g/mol. The number of para-hydroxylation sites is 1. The Hall–Kier alpha value is -2.49. The van der Waals surface area contributed by atoms with Crippen LogP contribution in [-0.2, 0) is 6.54 Å². The molecule has 4 nitrogen and oxygen atoms in total. The van der Waals surface area contributed by atoms with Gasteiger partial charge in [0, 0.05) is 19.3 Å². The van der Waals surface area contributed by atoms with Crippen molar-refractivity contribution in [2.24, 2.45) is 0 Å². The van der Waals surface area contributed by atoms with Crippen LogP contribution in [-0.4, -0.2) is 23.0 Å². The fourth-order valence-electron chi connectivity index (χ4n) is 2.07. The molecule has 2 aromatic carbocycles. The summed E-state index contributed by atoms with van der Waals surface area (Å²) in [6, 6.07) is 12.3. The molecule has 0 aliphatic heterocycles. The first-order valence-electron chi connectivity index (χ1n) is 6.37. The zero-order valence-corrected chi connectivity index (χ0v) is 11.6. The van der Waals surface area contributed by atoms with Gasteiger partial charge in [-0.3, -0.25) is 4.79 Å². The third-order valence-electron chi connectivity index (χ3n) is 3.23. The number of carbonyl (C=O) groups excluding carboxylic acids is 1. The minimum absolute atomic E-state index is 0.130. The van der Waals surface area contributed by atoms with Crippen LogP contribution in [0, 0.1) is 6.92 Å². The standard InChI is InChI=1S/C16H18N2O2/c1-11-5-3-8-14(15(11)17)16(20)18(2)10-12-6-4-7-13(19)9-12/h3-9,19H,10,17H2,1-2H3. The average Bonchev–Trinajstić information content (AvgIpc) is 2.41. The number of nitrogens with two attached hydrogens (primary N) is 1. The predicted octanol–water partition coefficient (Wildman–Crippen LogP) is 2.56. The molecule has 0 heterocycles. The van der Waals surface area contributed by atoms with E-state index in [0.29, 0.717) is 17.8 Å². The summed E-state index contributed by atoms with van der Waals surface area (Å²) in [5, 5.41) is 9.44. The molecular formula is C16H18N2O2. The third kappa shape index (κ3) is 2.91. The minimum atomic E-state index is -0.130. The number of benzene rings is 2. The van der Waals surface area contributed by atoms with Gasteiger partial charge in [-0.25, -0.2) is 0 Å². The summed E-state index contributed by atoms with van der Waals surface area (Å²) in [7, 11) is 1.72. The molecule has 2 aromatic rings. The van der Waals surface area contributed by atoms with Crippen LogP contribution in [0.4, 0.5) is 5.69 Å². The van der Waals surface area contributed by atoms with Crippen molar-refractivity contribution in [1.29, 1.82) is 0 Å². The number of hydrogen-bond acceptors (Lipinski definition) is 3. The number of phenolic OH excluding ortho intramolecular Hbond substituents is 1. The summed E-state index contributed by atoms with van der Waals surface area (Å²) < 4.78 is 0. The molecule has 0 radical (unpaired) electrons. The second kappa shape index (κ2) is 5.65. The summed E-state index contributed by atoms with van der Waals surface area (Å²) in [5.41, 5.74) is 8.73. The van der Waals surface area contributed by atoms with Crippen molar-refractivity contribution in [3.05, 3.63) is 59.2 Å². The SMILES string of the molecule is Cc1cccc(C(=O)N(C)Cc2cccc(O)c2)c1N. The lowest BCUT2D eigenvalue weighted by atomic mass is 10.1. The van der Waals surface area contributed by atoms with Crippen molar-refractivity contribution in [1.82, 2.24) is 4.90 Å². The molecule has 0 atom stereocenters. The van der Waals surface area contributed by atoms with Crippen LogP contribution in [0.3, 0.4) is 0 Å². The number of carbonyl (C=O) groups is 1. The van der Waals surface area contributed by atoms with Gasteiger partial charge in [0.05, 0.1) is 5.56 Å². The fourth-order valence-corrected chi connectivity index (χ4v) is 2.07. The smallest absolute Gasteiger partial charge is 0.255 e. The molecule has 4 heteroatoms. The Kier molecular flexibility index (Phi) is 3.94. The van der Waals surface area contributed by atoms with Gasteiger partial charge in [-0.1, -0.05) is 24.3 Å². The molecular weight excluding hydrogens is 252 g/mol. The summed E-state index contributed by atoms with van der Waals surface area (Å²) in [6.07, 6.45) is 0. The minimum Gasteiger partial charge on any atom is -0.508 e. The molecule has 0 bridgehead atoms. The quantitative estimate of drug-likeness (QED) is 0.842. The van der Waals surface area contributed by atoms with Crippen LogP contribution in [0.2, 0.25) is 0 Å². The maximum absolute atomic E-state index is 12.4. The zero-order valence-electron chi connectivity index (χ0n) is 11.6. The van der Waals surface area contributed by atoms with Crippen LogP contribution in [0.1, 0.15) is 21.5 Å². The molecule has 0 fully saturated rings. The van der Waals surface area contributed by atoms with Crippen LogP contribution >= 0.6 is 0 Å². The summed E-state index contributed by atoms with van der Waals surface area (Å²) in [4.78, 5) is 14.0. The van der Waals surface area contributed by atoms with Gasteiger partial charge in [0.25, 0.3) is 5.91 Å². The number of hydrogen-bond donors (Lipinski definition) is 2. The number of aromatic hydroxyl groups is 1. The Morgan fingerprint density at radius 1 is 1.25 bits per heavy atom. The molecule has 3 N–H and O–H groups in total. The Morgan fingerprint density at radius 3 is 2.65 bits per heavy atom. The van der Waals surface area contributed by atoms with Crippen molar-refractivity contribution < 1.29 is 9.90 Å². The van der Waals surface area contributed by atoms with E-state index >= 15 is 0 Å². The van der Waals surface area contributed by atoms with Crippen molar-refractivity contribution in [2.45, 2.75) is 13.5 Å². The van der Waals surface area contributed by atoms with Crippen molar-refractivity contribution in [2.75, 3.05) is 12.8 Å². The lowest BCUT2D eigenvalue weighted by Crippen LogP contribution is -2.27. The Balaban J connectivity index is 2.19. The van der Waals surface area contributed by atoms with E-state index in [9.17, 15) is 9.90 Å². The summed E-state index contributed by atoms with van der Waals surface area (Å²) in [5.74, 6) is 0.0629. The van der Waals surface area contributed by atoms with Crippen LogP contribution in [0.5, 0.6) is 5.75 Å². The van der Waals surface area contributed by atoms with Gasteiger partial charge in [-0.05, 0) is 36.2 Å². The van der Waals surface area contributed by atoms with Gasteiger partial charge in [-0.15, -0.1) is 0 Å². The van der Waals surface area contributed by atoms with E-state index in [4.69, 9.17) is 5.73 Å². The molecule has 1 amide bonds. The van der Waals surface area contributed by atoms with Crippen LogP contribution in [0.25, 0.3) is 0 Å². The number of phenols is 1. The van der Waals surface area contributed by atoms with Gasteiger partial charge >= 0.3 is 0 Å². The monoisotopic (exact) mass is 270 g/mol. The van der Waals surface area contributed by atoms with Gasteiger partial charge in [0.1, 0.15) is 5.75 Å². The highest BCUT2D eigenvalue weighted by Gasteiger charge is 2.15. The van der Waals surface area contributed by atoms with Gasteiger partial charge < -0.3 is 15.7 Å². The second-order valence-electron chi connectivity index (χ2n) is 4.87. The van der Waals surface area contributed by atoms with Crippen LogP contribution < -0.4 is 5.73 Å². The Labute approximate surface area is 118 Å². The Morgan fingerprint density at radius 2 is 1.95 bits per heavy atom. The van der Waals surface area contributed by atoms with Gasteiger partial charge in [0.2, 0.25) is 0 Å². The molecule has 0 unspecified atom stereocenters. The second-order valence-corrected chi connectivity index (χ2v) is 4.87. The lowest BCUT2D eigenvalue weighted by molar-refractivity contribution is 0.0786. The van der Waals surface area contributed by atoms with E-state index in [1.807, 2.05) is 25.1 Å². The normalized spacial score (nSPS) is 10.3. The third-order valence-corrected chi connectivity index (χ3v) is 3.23.